The van der Waals surface area contributed by atoms with E-state index in [1.165, 1.54) is 5.56 Å². The maximum atomic E-state index is 5.41. The van der Waals surface area contributed by atoms with Crippen LogP contribution in [-0.4, -0.2) is 42.4 Å². The van der Waals surface area contributed by atoms with Crippen LogP contribution in [-0.2, 0) is 11.3 Å². The van der Waals surface area contributed by atoms with Crippen LogP contribution in [0, 0.1) is 0 Å². The van der Waals surface area contributed by atoms with Gasteiger partial charge < -0.3 is 4.74 Å². The van der Waals surface area contributed by atoms with Crippen molar-refractivity contribution in [3.8, 4) is 11.3 Å². The van der Waals surface area contributed by atoms with E-state index in [1.807, 2.05) is 29.8 Å². The molecule has 1 aromatic heterocycles. The van der Waals surface area contributed by atoms with Crippen LogP contribution in [0.5, 0.6) is 0 Å². The first kappa shape index (κ1) is 17.9. The van der Waals surface area contributed by atoms with Crippen molar-refractivity contribution in [2.75, 3.05) is 31.7 Å². The van der Waals surface area contributed by atoms with Gasteiger partial charge in [-0.2, -0.15) is 5.10 Å². The second-order valence-electron chi connectivity index (χ2n) is 6.41. The van der Waals surface area contributed by atoms with Gasteiger partial charge in [0.15, 0.2) is 0 Å². The number of nitrogens with one attached hydrogen (secondary N) is 1. The highest BCUT2D eigenvalue weighted by atomic mass is 32.1. The van der Waals surface area contributed by atoms with Gasteiger partial charge in [0, 0.05) is 30.6 Å². The molecule has 0 amide bonds. The molecule has 2 heterocycles. The summed E-state index contributed by atoms with van der Waals surface area (Å²) in [5, 5.41) is 7.17. The van der Waals surface area contributed by atoms with Crippen molar-refractivity contribution in [3.63, 3.8) is 0 Å². The summed E-state index contributed by atoms with van der Waals surface area (Å²) in [4.78, 5) is 7.00. The van der Waals surface area contributed by atoms with Crippen LogP contribution in [0.1, 0.15) is 11.1 Å². The fourth-order valence-electron chi connectivity index (χ4n) is 3.02. The number of anilines is 1. The molecule has 138 valence electrons. The van der Waals surface area contributed by atoms with Crippen molar-refractivity contribution in [2.24, 2.45) is 5.10 Å². The number of hydrogen-bond acceptors (Lipinski definition) is 6. The first-order chi connectivity index (χ1) is 13.4. The Balaban J connectivity index is 1.36. The molecule has 6 heteroatoms. The highest BCUT2D eigenvalue weighted by Gasteiger charge is 2.10. The van der Waals surface area contributed by atoms with Gasteiger partial charge in [0.25, 0.3) is 0 Å². The van der Waals surface area contributed by atoms with Gasteiger partial charge in [-0.1, -0.05) is 48.5 Å². The van der Waals surface area contributed by atoms with Crippen molar-refractivity contribution >= 4 is 22.7 Å². The largest absolute Gasteiger partial charge is 0.379 e. The molecular formula is C21H22N4OS. The summed E-state index contributed by atoms with van der Waals surface area (Å²) in [6.07, 6.45) is 1.84. The first-order valence-corrected chi connectivity index (χ1v) is 9.94. The molecule has 1 saturated heterocycles. The number of ether oxygens (including phenoxy) is 1. The van der Waals surface area contributed by atoms with Crippen molar-refractivity contribution in [3.05, 3.63) is 71.1 Å². The van der Waals surface area contributed by atoms with E-state index in [0.29, 0.717) is 0 Å². The normalized spacial score (nSPS) is 15.3. The van der Waals surface area contributed by atoms with Crippen LogP contribution in [0.15, 0.2) is 65.1 Å². The Bertz CT molecular complexity index is 888. The number of thiazole rings is 1. The molecule has 1 fully saturated rings. The van der Waals surface area contributed by atoms with E-state index in [0.717, 1.165) is 54.8 Å². The number of morpholine rings is 1. The predicted molar refractivity (Wildman–Crippen MR) is 111 cm³/mol. The van der Waals surface area contributed by atoms with Gasteiger partial charge in [-0.25, -0.2) is 4.98 Å². The summed E-state index contributed by atoms with van der Waals surface area (Å²) >= 11 is 1.55. The lowest BCUT2D eigenvalue weighted by atomic mass is 10.1. The fraction of sp³-hybridized carbons (Fsp3) is 0.238. The van der Waals surface area contributed by atoms with E-state index >= 15 is 0 Å². The van der Waals surface area contributed by atoms with Crippen LogP contribution < -0.4 is 5.43 Å². The molecule has 3 aromatic rings. The Morgan fingerprint density at radius 1 is 1.11 bits per heavy atom. The van der Waals surface area contributed by atoms with E-state index < -0.39 is 0 Å². The van der Waals surface area contributed by atoms with E-state index in [1.54, 1.807) is 11.3 Å². The minimum atomic E-state index is 0.787. The van der Waals surface area contributed by atoms with Gasteiger partial charge in [0.1, 0.15) is 0 Å². The average Bonchev–Trinajstić information content (AvgIpc) is 3.19. The lowest BCUT2D eigenvalue weighted by Gasteiger charge is -2.26. The van der Waals surface area contributed by atoms with Gasteiger partial charge in [-0.3, -0.25) is 10.3 Å². The second-order valence-corrected chi connectivity index (χ2v) is 7.27. The third kappa shape index (κ3) is 5.01. The number of hydrogen-bond donors (Lipinski definition) is 1. The first-order valence-electron chi connectivity index (χ1n) is 9.06. The molecule has 0 unspecified atom stereocenters. The Kier molecular flexibility index (Phi) is 5.89. The zero-order valence-corrected chi connectivity index (χ0v) is 15.9. The Morgan fingerprint density at radius 3 is 2.81 bits per heavy atom. The number of hydrazone groups is 1. The van der Waals surface area contributed by atoms with Crippen molar-refractivity contribution in [1.29, 1.82) is 0 Å². The minimum Gasteiger partial charge on any atom is -0.379 e. The monoisotopic (exact) mass is 378 g/mol. The Hall–Kier alpha value is -2.54. The number of nitrogens with zero attached hydrogens (tertiary/aromatic N) is 3. The van der Waals surface area contributed by atoms with Crippen molar-refractivity contribution in [1.82, 2.24) is 9.88 Å². The molecule has 0 saturated carbocycles. The highest BCUT2D eigenvalue weighted by molar-refractivity contribution is 7.14. The lowest BCUT2D eigenvalue weighted by Crippen LogP contribution is -2.35. The molecule has 5 nitrogen and oxygen atoms in total. The summed E-state index contributed by atoms with van der Waals surface area (Å²) in [6, 6.07) is 18.6. The van der Waals surface area contributed by atoms with E-state index in [2.05, 4.69) is 56.8 Å². The van der Waals surface area contributed by atoms with Crippen LogP contribution in [0.4, 0.5) is 5.13 Å². The van der Waals surface area contributed by atoms with Gasteiger partial charge >= 0.3 is 0 Å². The zero-order valence-electron chi connectivity index (χ0n) is 15.0. The zero-order chi connectivity index (χ0) is 18.3. The maximum absolute atomic E-state index is 5.41. The van der Waals surface area contributed by atoms with Gasteiger partial charge in [-0.05, 0) is 17.2 Å². The molecule has 0 atom stereocenters. The minimum absolute atomic E-state index is 0.787. The van der Waals surface area contributed by atoms with Crippen LogP contribution in [0.25, 0.3) is 11.3 Å². The maximum Gasteiger partial charge on any atom is 0.203 e. The molecule has 1 aliphatic rings. The standard InChI is InChI=1S/C21H22N4OS/c1-2-7-19(8-3-1)20-16-27-21(23-20)24-22-14-17-5-4-6-18(13-17)15-25-9-11-26-12-10-25/h1-8,13-14,16H,9-12,15H2,(H,23,24). The van der Waals surface area contributed by atoms with E-state index in [4.69, 9.17) is 4.74 Å². The fourth-order valence-corrected chi connectivity index (χ4v) is 3.69. The van der Waals surface area contributed by atoms with Gasteiger partial charge in [0.2, 0.25) is 5.13 Å². The second kappa shape index (κ2) is 8.90. The number of benzene rings is 2. The van der Waals surface area contributed by atoms with Crippen molar-refractivity contribution < 1.29 is 4.74 Å². The SMILES string of the molecule is C(=NNc1nc(-c2ccccc2)cs1)c1cccc(CN2CCOCC2)c1. The van der Waals surface area contributed by atoms with Gasteiger partial charge in [-0.15, -0.1) is 11.3 Å². The topological polar surface area (TPSA) is 49.8 Å². The summed E-state index contributed by atoms with van der Waals surface area (Å²) in [7, 11) is 0. The third-order valence-corrected chi connectivity index (χ3v) is 5.16. The average molecular weight is 379 g/mol. The van der Waals surface area contributed by atoms with Crippen LogP contribution >= 0.6 is 11.3 Å². The third-order valence-electron chi connectivity index (χ3n) is 4.41. The molecule has 1 N–H and O–H groups in total. The molecule has 27 heavy (non-hydrogen) atoms. The molecule has 2 aromatic carbocycles. The lowest BCUT2D eigenvalue weighted by molar-refractivity contribution is 0.0342. The number of aromatic nitrogens is 1. The molecular weight excluding hydrogens is 356 g/mol. The molecule has 4 rings (SSSR count). The molecule has 1 aliphatic heterocycles. The molecule has 0 bridgehead atoms. The van der Waals surface area contributed by atoms with Gasteiger partial charge in [0.05, 0.1) is 25.1 Å². The summed E-state index contributed by atoms with van der Waals surface area (Å²) in [6.45, 7) is 4.58. The molecule has 0 radical (unpaired) electrons. The Morgan fingerprint density at radius 2 is 1.96 bits per heavy atom. The van der Waals surface area contributed by atoms with Crippen molar-refractivity contribution in [2.45, 2.75) is 6.54 Å². The van der Waals surface area contributed by atoms with E-state index in [9.17, 15) is 0 Å². The van der Waals surface area contributed by atoms with Crippen LogP contribution in [0.2, 0.25) is 0 Å². The summed E-state index contributed by atoms with van der Waals surface area (Å²) < 4.78 is 5.41. The predicted octanol–water partition coefficient (Wildman–Crippen LogP) is 4.09. The highest BCUT2D eigenvalue weighted by Crippen LogP contribution is 2.24. The summed E-state index contributed by atoms with van der Waals surface area (Å²) in [5.41, 5.74) is 7.48. The quantitative estimate of drug-likeness (QED) is 0.518. The van der Waals surface area contributed by atoms with E-state index in [-0.39, 0.29) is 0 Å². The van der Waals surface area contributed by atoms with Crippen LogP contribution in [0.3, 0.4) is 0 Å². The molecule has 0 aliphatic carbocycles. The smallest absolute Gasteiger partial charge is 0.203 e. The summed E-state index contributed by atoms with van der Waals surface area (Å²) in [5.74, 6) is 0. The Labute approximate surface area is 163 Å². The molecule has 0 spiro atoms. The number of rotatable bonds is 6.